The molecule has 1 rings (SSSR count). The van der Waals surface area contributed by atoms with Crippen molar-refractivity contribution in [3.8, 4) is 0 Å². The molecule has 0 aliphatic rings. The third kappa shape index (κ3) is 2.53. The summed E-state index contributed by atoms with van der Waals surface area (Å²) in [5.41, 5.74) is 4.36. The van der Waals surface area contributed by atoms with Crippen LogP contribution in [-0.2, 0) is 5.60 Å². The van der Waals surface area contributed by atoms with Crippen molar-refractivity contribution < 1.29 is 5.11 Å². The molecule has 5 nitrogen and oxygen atoms in total. The summed E-state index contributed by atoms with van der Waals surface area (Å²) in [5.74, 6) is 0.431. The number of nitrogens with two attached hydrogens (primary N) is 1. The Morgan fingerprint density at radius 3 is 2.38 bits per heavy atom. The van der Waals surface area contributed by atoms with E-state index in [0.717, 1.165) is 0 Å². The molecular formula is C7H12N4OS. The molecule has 0 aliphatic carbocycles. The molecule has 0 fully saturated rings. The van der Waals surface area contributed by atoms with Gasteiger partial charge in [-0.15, -0.1) is 0 Å². The summed E-state index contributed by atoms with van der Waals surface area (Å²) in [7, 11) is 0. The van der Waals surface area contributed by atoms with Gasteiger partial charge in [-0.1, -0.05) is 11.8 Å². The zero-order chi connectivity index (χ0) is 10.1. The molecule has 0 aliphatic heterocycles. The summed E-state index contributed by atoms with van der Waals surface area (Å²) >= 11 is 1.36. The van der Waals surface area contributed by atoms with Crippen molar-refractivity contribution in [2.75, 3.05) is 12.0 Å². The Hall–Kier alpha value is -0.880. The molecule has 1 aromatic rings. The number of nitrogens with zero attached hydrogens (tertiary/aromatic N) is 3. The fourth-order valence-electron chi connectivity index (χ4n) is 0.737. The quantitative estimate of drug-likeness (QED) is 0.672. The first-order chi connectivity index (χ1) is 5.93. The van der Waals surface area contributed by atoms with Crippen LogP contribution in [0.2, 0.25) is 0 Å². The van der Waals surface area contributed by atoms with E-state index in [1.54, 1.807) is 13.8 Å². The molecule has 6 heteroatoms. The Bertz CT molecular complexity index is 310. The van der Waals surface area contributed by atoms with Gasteiger partial charge in [0, 0.05) is 0 Å². The average Bonchev–Trinajstić information content (AvgIpc) is 2.01. The van der Waals surface area contributed by atoms with Gasteiger partial charge in [-0.3, -0.25) is 0 Å². The van der Waals surface area contributed by atoms with Crippen LogP contribution < -0.4 is 5.73 Å². The highest BCUT2D eigenvalue weighted by atomic mass is 32.2. The molecule has 1 heterocycles. The van der Waals surface area contributed by atoms with E-state index in [1.165, 1.54) is 11.8 Å². The van der Waals surface area contributed by atoms with E-state index in [1.807, 2.05) is 6.26 Å². The third-order valence-electron chi connectivity index (χ3n) is 1.36. The van der Waals surface area contributed by atoms with Crippen LogP contribution in [0.1, 0.15) is 19.7 Å². The SMILES string of the molecule is CSc1nc(N)nc(C(C)(C)O)n1. The molecule has 72 valence electrons. The second kappa shape index (κ2) is 3.47. The zero-order valence-corrected chi connectivity index (χ0v) is 8.59. The van der Waals surface area contributed by atoms with Gasteiger partial charge in [-0.2, -0.15) is 9.97 Å². The van der Waals surface area contributed by atoms with Crippen LogP contribution in [0.25, 0.3) is 0 Å². The van der Waals surface area contributed by atoms with Crippen LogP contribution in [-0.4, -0.2) is 26.3 Å². The number of aliphatic hydroxyl groups is 1. The minimum absolute atomic E-state index is 0.136. The second-order valence-electron chi connectivity index (χ2n) is 3.06. The first-order valence-electron chi connectivity index (χ1n) is 3.72. The lowest BCUT2D eigenvalue weighted by molar-refractivity contribution is 0.0677. The number of anilines is 1. The van der Waals surface area contributed by atoms with Crippen molar-refractivity contribution in [2.24, 2.45) is 0 Å². The summed E-state index contributed by atoms with van der Waals surface area (Å²) in [6.45, 7) is 3.21. The largest absolute Gasteiger partial charge is 0.382 e. The van der Waals surface area contributed by atoms with Crippen molar-refractivity contribution in [3.05, 3.63) is 5.82 Å². The predicted molar refractivity (Wildman–Crippen MR) is 51.3 cm³/mol. The van der Waals surface area contributed by atoms with Crippen LogP contribution in [0.5, 0.6) is 0 Å². The maximum Gasteiger partial charge on any atom is 0.224 e. The van der Waals surface area contributed by atoms with Crippen LogP contribution in [0.15, 0.2) is 5.16 Å². The van der Waals surface area contributed by atoms with E-state index in [-0.39, 0.29) is 5.95 Å². The van der Waals surface area contributed by atoms with Crippen LogP contribution in [0.3, 0.4) is 0 Å². The maximum atomic E-state index is 9.62. The smallest absolute Gasteiger partial charge is 0.224 e. The minimum Gasteiger partial charge on any atom is -0.382 e. The topological polar surface area (TPSA) is 84.9 Å². The monoisotopic (exact) mass is 200 g/mol. The minimum atomic E-state index is -1.08. The number of hydrogen-bond acceptors (Lipinski definition) is 6. The lowest BCUT2D eigenvalue weighted by Crippen LogP contribution is -2.21. The lowest BCUT2D eigenvalue weighted by Gasteiger charge is -2.15. The Balaban J connectivity index is 3.16. The average molecular weight is 200 g/mol. The summed E-state index contributed by atoms with van der Waals surface area (Å²) in [4.78, 5) is 11.8. The molecule has 0 radical (unpaired) electrons. The van der Waals surface area contributed by atoms with E-state index < -0.39 is 5.60 Å². The van der Waals surface area contributed by atoms with E-state index in [9.17, 15) is 5.11 Å². The summed E-state index contributed by atoms with van der Waals surface area (Å²) < 4.78 is 0. The predicted octanol–water partition coefficient (Wildman–Crippen LogP) is 0.403. The highest BCUT2D eigenvalue weighted by Gasteiger charge is 2.21. The van der Waals surface area contributed by atoms with Gasteiger partial charge in [0.15, 0.2) is 11.0 Å². The number of nitrogen functional groups attached to an aromatic ring is 1. The second-order valence-corrected chi connectivity index (χ2v) is 3.84. The van der Waals surface area contributed by atoms with Gasteiger partial charge in [-0.05, 0) is 20.1 Å². The molecule has 0 aromatic carbocycles. The van der Waals surface area contributed by atoms with Crippen LogP contribution in [0, 0.1) is 0 Å². The van der Waals surface area contributed by atoms with Gasteiger partial charge in [0.1, 0.15) is 5.60 Å². The van der Waals surface area contributed by atoms with Gasteiger partial charge < -0.3 is 10.8 Å². The molecule has 0 spiro atoms. The summed E-state index contributed by atoms with van der Waals surface area (Å²) in [6, 6.07) is 0. The first-order valence-corrected chi connectivity index (χ1v) is 4.94. The van der Waals surface area contributed by atoms with Crippen molar-refractivity contribution in [1.29, 1.82) is 0 Å². The van der Waals surface area contributed by atoms with Gasteiger partial charge in [0.2, 0.25) is 5.95 Å². The van der Waals surface area contributed by atoms with E-state index in [4.69, 9.17) is 5.73 Å². The molecule has 1 aromatic heterocycles. The number of thioether (sulfide) groups is 1. The Morgan fingerprint density at radius 2 is 1.92 bits per heavy atom. The van der Waals surface area contributed by atoms with Crippen molar-refractivity contribution in [1.82, 2.24) is 15.0 Å². The molecule has 0 unspecified atom stereocenters. The van der Waals surface area contributed by atoms with Gasteiger partial charge in [0.05, 0.1) is 0 Å². The van der Waals surface area contributed by atoms with Crippen LogP contribution in [0.4, 0.5) is 5.95 Å². The fourth-order valence-corrected chi connectivity index (χ4v) is 1.10. The number of rotatable bonds is 2. The summed E-state index contributed by atoms with van der Waals surface area (Å²) in [5, 5.41) is 10.1. The molecule has 13 heavy (non-hydrogen) atoms. The molecule has 0 bridgehead atoms. The molecule has 0 amide bonds. The van der Waals surface area contributed by atoms with E-state index in [0.29, 0.717) is 11.0 Å². The Kier molecular flexibility index (Phi) is 2.72. The van der Waals surface area contributed by atoms with E-state index >= 15 is 0 Å². The lowest BCUT2D eigenvalue weighted by atomic mass is 10.1. The standard InChI is InChI=1S/C7H12N4OS/c1-7(2,12)4-9-5(8)11-6(10-4)13-3/h12H,1-3H3,(H2,8,9,10,11). The molecule has 0 atom stereocenters. The molecular weight excluding hydrogens is 188 g/mol. The highest BCUT2D eigenvalue weighted by Crippen LogP contribution is 2.18. The summed E-state index contributed by atoms with van der Waals surface area (Å²) in [6.07, 6.45) is 1.84. The fraction of sp³-hybridized carbons (Fsp3) is 0.571. The number of hydrogen-bond donors (Lipinski definition) is 2. The Labute approximate surface area is 80.8 Å². The van der Waals surface area contributed by atoms with Crippen molar-refractivity contribution >= 4 is 17.7 Å². The normalized spacial score (nSPS) is 11.7. The highest BCUT2D eigenvalue weighted by molar-refractivity contribution is 7.98. The van der Waals surface area contributed by atoms with E-state index in [2.05, 4.69) is 15.0 Å². The van der Waals surface area contributed by atoms with Crippen LogP contribution >= 0.6 is 11.8 Å². The van der Waals surface area contributed by atoms with Crippen molar-refractivity contribution in [3.63, 3.8) is 0 Å². The van der Waals surface area contributed by atoms with Gasteiger partial charge >= 0.3 is 0 Å². The van der Waals surface area contributed by atoms with Gasteiger partial charge in [0.25, 0.3) is 0 Å². The zero-order valence-electron chi connectivity index (χ0n) is 7.77. The molecule has 3 N–H and O–H groups in total. The number of aromatic nitrogens is 3. The molecule has 0 saturated heterocycles. The van der Waals surface area contributed by atoms with Crippen molar-refractivity contribution in [2.45, 2.75) is 24.6 Å². The molecule has 0 saturated carbocycles. The maximum absolute atomic E-state index is 9.62. The first kappa shape index (κ1) is 10.2. The van der Waals surface area contributed by atoms with Gasteiger partial charge in [-0.25, -0.2) is 4.98 Å². The third-order valence-corrected chi connectivity index (χ3v) is 1.91. The Morgan fingerprint density at radius 1 is 1.31 bits per heavy atom.